The van der Waals surface area contributed by atoms with Gasteiger partial charge in [-0.3, -0.25) is 9.59 Å². The number of amides is 1. The van der Waals surface area contributed by atoms with Gasteiger partial charge in [0.05, 0.1) is 23.4 Å². The number of para-hydroxylation sites is 2. The van der Waals surface area contributed by atoms with Crippen LogP contribution in [0.2, 0.25) is 0 Å². The molecule has 0 saturated heterocycles. The van der Waals surface area contributed by atoms with Gasteiger partial charge in [0.2, 0.25) is 5.91 Å². The third-order valence-electron chi connectivity index (χ3n) is 4.83. The van der Waals surface area contributed by atoms with E-state index in [0.29, 0.717) is 16.7 Å². The monoisotopic (exact) mass is 387 g/mol. The highest BCUT2D eigenvalue weighted by atomic mass is 16.1. The van der Waals surface area contributed by atoms with Crippen LogP contribution in [0.3, 0.4) is 0 Å². The lowest BCUT2D eigenvalue weighted by Gasteiger charge is -2.15. The summed E-state index contributed by atoms with van der Waals surface area (Å²) < 4.78 is 1.92. The Morgan fingerprint density at radius 3 is 2.72 bits per heavy atom. The largest absolute Gasteiger partial charge is 0.350 e. The standard InChI is InChI=1S/C22H21N5O2/c1-15(16-6-8-17(9-7-16)27-13-12-23-14-27)24-21(28)11-10-20-22(29)26-19-5-3-2-4-18(19)25-20/h2-9,12-15H,10-11H2,1H3,(H,24,28)(H,26,29)/t15-/m1/s1. The van der Waals surface area contributed by atoms with E-state index in [0.717, 1.165) is 11.3 Å². The number of carbonyl (C=O) groups excluding carboxylic acids is 1. The minimum absolute atomic E-state index is 0.120. The Balaban J connectivity index is 1.37. The average molecular weight is 387 g/mol. The number of benzene rings is 2. The first kappa shape index (κ1) is 18.6. The number of nitrogens with one attached hydrogen (secondary N) is 2. The zero-order valence-electron chi connectivity index (χ0n) is 16.0. The van der Waals surface area contributed by atoms with E-state index in [1.54, 1.807) is 18.6 Å². The Bertz CT molecular complexity index is 1180. The van der Waals surface area contributed by atoms with E-state index < -0.39 is 0 Å². The summed E-state index contributed by atoms with van der Waals surface area (Å²) in [4.78, 5) is 35.8. The molecule has 2 N–H and O–H groups in total. The maximum atomic E-state index is 12.4. The van der Waals surface area contributed by atoms with Gasteiger partial charge in [0.25, 0.3) is 5.56 Å². The molecule has 0 spiro atoms. The molecule has 2 aromatic carbocycles. The fourth-order valence-corrected chi connectivity index (χ4v) is 3.21. The number of H-pyrrole nitrogens is 1. The topological polar surface area (TPSA) is 92.7 Å². The number of imidazole rings is 1. The fraction of sp³-hybridized carbons (Fsp3) is 0.182. The molecular formula is C22H21N5O2. The Morgan fingerprint density at radius 1 is 1.17 bits per heavy atom. The molecule has 0 radical (unpaired) electrons. The molecule has 29 heavy (non-hydrogen) atoms. The molecule has 1 amide bonds. The summed E-state index contributed by atoms with van der Waals surface area (Å²) in [7, 11) is 0. The van der Waals surface area contributed by atoms with Gasteiger partial charge in [-0.1, -0.05) is 24.3 Å². The highest BCUT2D eigenvalue weighted by Gasteiger charge is 2.12. The van der Waals surface area contributed by atoms with Crippen LogP contribution in [-0.4, -0.2) is 25.4 Å². The molecule has 0 fully saturated rings. The number of nitrogens with zero attached hydrogens (tertiary/aromatic N) is 3. The molecule has 0 aliphatic carbocycles. The second kappa shape index (κ2) is 8.10. The van der Waals surface area contributed by atoms with Gasteiger partial charge in [-0.2, -0.15) is 0 Å². The van der Waals surface area contributed by atoms with Crippen molar-refractivity contribution in [1.29, 1.82) is 0 Å². The predicted octanol–water partition coefficient (Wildman–Crippen LogP) is 2.92. The maximum absolute atomic E-state index is 12.4. The molecule has 0 aliphatic rings. The number of hydrogen-bond acceptors (Lipinski definition) is 4. The van der Waals surface area contributed by atoms with Crippen molar-refractivity contribution in [1.82, 2.24) is 24.8 Å². The third-order valence-corrected chi connectivity index (χ3v) is 4.83. The van der Waals surface area contributed by atoms with Crippen molar-refractivity contribution in [2.45, 2.75) is 25.8 Å². The summed E-state index contributed by atoms with van der Waals surface area (Å²) in [6.45, 7) is 1.94. The van der Waals surface area contributed by atoms with E-state index in [-0.39, 0.29) is 30.3 Å². The molecule has 0 aliphatic heterocycles. The van der Waals surface area contributed by atoms with Crippen molar-refractivity contribution < 1.29 is 4.79 Å². The number of aromatic nitrogens is 4. The third kappa shape index (κ3) is 4.24. The summed E-state index contributed by atoms with van der Waals surface area (Å²) in [6.07, 6.45) is 5.84. The smallest absolute Gasteiger partial charge is 0.270 e. The van der Waals surface area contributed by atoms with Crippen molar-refractivity contribution in [3.63, 3.8) is 0 Å². The summed E-state index contributed by atoms with van der Waals surface area (Å²) in [5.41, 5.74) is 3.54. The summed E-state index contributed by atoms with van der Waals surface area (Å²) in [5.74, 6) is -0.120. The fourth-order valence-electron chi connectivity index (χ4n) is 3.21. The first-order chi connectivity index (χ1) is 14.1. The van der Waals surface area contributed by atoms with Crippen LogP contribution in [0.4, 0.5) is 0 Å². The van der Waals surface area contributed by atoms with Gasteiger partial charge < -0.3 is 14.9 Å². The average Bonchev–Trinajstić information content (AvgIpc) is 3.27. The minimum Gasteiger partial charge on any atom is -0.350 e. The molecule has 4 aromatic rings. The molecule has 7 heteroatoms. The van der Waals surface area contributed by atoms with E-state index in [4.69, 9.17) is 0 Å². The van der Waals surface area contributed by atoms with Gasteiger partial charge in [-0.25, -0.2) is 9.97 Å². The number of hydrogen-bond donors (Lipinski definition) is 2. The van der Waals surface area contributed by atoms with Crippen LogP contribution in [0, 0.1) is 0 Å². The van der Waals surface area contributed by atoms with E-state index in [1.807, 2.05) is 60.2 Å². The van der Waals surface area contributed by atoms with Gasteiger partial charge in [-0.05, 0) is 36.8 Å². The minimum atomic E-state index is -0.250. The molecule has 4 rings (SSSR count). The van der Waals surface area contributed by atoms with E-state index >= 15 is 0 Å². The van der Waals surface area contributed by atoms with E-state index in [1.165, 1.54) is 0 Å². The zero-order valence-corrected chi connectivity index (χ0v) is 16.0. The van der Waals surface area contributed by atoms with Crippen molar-refractivity contribution in [3.8, 4) is 5.69 Å². The van der Waals surface area contributed by atoms with Crippen LogP contribution in [-0.2, 0) is 11.2 Å². The second-order valence-corrected chi connectivity index (χ2v) is 6.88. The lowest BCUT2D eigenvalue weighted by atomic mass is 10.1. The number of carbonyl (C=O) groups is 1. The van der Waals surface area contributed by atoms with Gasteiger partial charge in [0.1, 0.15) is 5.69 Å². The molecule has 0 bridgehead atoms. The molecule has 1 atom stereocenters. The first-order valence-electron chi connectivity index (χ1n) is 9.46. The van der Waals surface area contributed by atoms with Crippen molar-refractivity contribution in [3.05, 3.63) is 88.9 Å². The molecule has 146 valence electrons. The van der Waals surface area contributed by atoms with Crippen LogP contribution in [0.15, 0.2) is 72.0 Å². The second-order valence-electron chi connectivity index (χ2n) is 6.88. The quantitative estimate of drug-likeness (QED) is 0.532. The first-order valence-corrected chi connectivity index (χ1v) is 9.46. The lowest BCUT2D eigenvalue weighted by Crippen LogP contribution is -2.27. The van der Waals surface area contributed by atoms with Crippen LogP contribution in [0.25, 0.3) is 16.7 Å². The number of rotatable bonds is 6. The van der Waals surface area contributed by atoms with Crippen molar-refractivity contribution in [2.24, 2.45) is 0 Å². The summed E-state index contributed by atoms with van der Waals surface area (Å²) >= 11 is 0. The highest BCUT2D eigenvalue weighted by Crippen LogP contribution is 2.16. The number of aryl methyl sites for hydroxylation is 1. The summed E-state index contributed by atoms with van der Waals surface area (Å²) in [6, 6.07) is 15.1. The number of fused-ring (bicyclic) bond motifs is 1. The van der Waals surface area contributed by atoms with Gasteiger partial charge in [-0.15, -0.1) is 0 Å². The van der Waals surface area contributed by atoms with Gasteiger partial charge >= 0.3 is 0 Å². The van der Waals surface area contributed by atoms with E-state index in [9.17, 15) is 9.59 Å². The molecular weight excluding hydrogens is 366 g/mol. The molecule has 0 saturated carbocycles. The van der Waals surface area contributed by atoms with Crippen LogP contribution >= 0.6 is 0 Å². The van der Waals surface area contributed by atoms with Crippen molar-refractivity contribution in [2.75, 3.05) is 0 Å². The Morgan fingerprint density at radius 2 is 1.97 bits per heavy atom. The predicted molar refractivity (Wildman–Crippen MR) is 111 cm³/mol. The van der Waals surface area contributed by atoms with Gasteiger partial charge in [0.15, 0.2) is 0 Å². The highest BCUT2D eigenvalue weighted by molar-refractivity contribution is 5.77. The molecule has 2 aromatic heterocycles. The number of aromatic amines is 1. The Labute approximate surface area is 167 Å². The normalized spacial score (nSPS) is 12.0. The van der Waals surface area contributed by atoms with Crippen LogP contribution < -0.4 is 10.9 Å². The Kier molecular flexibility index (Phi) is 5.20. The maximum Gasteiger partial charge on any atom is 0.270 e. The van der Waals surface area contributed by atoms with E-state index in [2.05, 4.69) is 20.3 Å². The Hall–Kier alpha value is -3.74. The van der Waals surface area contributed by atoms with Crippen molar-refractivity contribution >= 4 is 16.9 Å². The molecule has 7 nitrogen and oxygen atoms in total. The van der Waals surface area contributed by atoms with Crippen LogP contribution in [0.5, 0.6) is 0 Å². The lowest BCUT2D eigenvalue weighted by molar-refractivity contribution is -0.121. The zero-order chi connectivity index (χ0) is 20.2. The molecule has 2 heterocycles. The van der Waals surface area contributed by atoms with Gasteiger partial charge in [0, 0.05) is 30.9 Å². The summed E-state index contributed by atoms with van der Waals surface area (Å²) in [5, 5.41) is 2.98. The molecule has 0 unspecified atom stereocenters. The SMILES string of the molecule is C[C@@H](NC(=O)CCc1nc2ccccc2[nH]c1=O)c1ccc(-n2ccnc2)cc1. The van der Waals surface area contributed by atoms with Crippen LogP contribution in [0.1, 0.15) is 30.6 Å².